The third-order valence-electron chi connectivity index (χ3n) is 10.0. The molecule has 0 atom stereocenters. The van der Waals surface area contributed by atoms with E-state index in [4.69, 9.17) is 0 Å². The first-order valence-electron chi connectivity index (χ1n) is 15.8. The second kappa shape index (κ2) is 9.51. The molecule has 10 aromatic rings. The number of hydrogen-bond acceptors (Lipinski definition) is 1. The Kier molecular flexibility index (Phi) is 5.33. The zero-order valence-electron chi connectivity index (χ0n) is 24.9. The van der Waals surface area contributed by atoms with Gasteiger partial charge in [-0.25, -0.2) is 0 Å². The highest BCUT2D eigenvalue weighted by Gasteiger charge is 2.34. The second-order valence-corrected chi connectivity index (χ2v) is 15.1. The van der Waals surface area contributed by atoms with E-state index >= 15 is 4.57 Å². The van der Waals surface area contributed by atoms with Gasteiger partial charge >= 0.3 is 0 Å². The fourth-order valence-electron chi connectivity index (χ4n) is 7.89. The van der Waals surface area contributed by atoms with Gasteiger partial charge in [-0.05, 0) is 87.9 Å². The van der Waals surface area contributed by atoms with Crippen LogP contribution in [-0.4, -0.2) is 0 Å². The van der Waals surface area contributed by atoms with Gasteiger partial charge in [-0.2, -0.15) is 0 Å². The van der Waals surface area contributed by atoms with E-state index in [0.29, 0.717) is 0 Å². The maximum absolute atomic E-state index is 16.6. The van der Waals surface area contributed by atoms with Crippen LogP contribution < -0.4 is 15.9 Å². The lowest BCUT2D eigenvalue weighted by Gasteiger charge is -2.25. The maximum atomic E-state index is 16.6. The summed E-state index contributed by atoms with van der Waals surface area (Å²) in [5.41, 5.74) is 2.26. The molecule has 0 aliphatic rings. The van der Waals surface area contributed by atoms with E-state index in [0.717, 1.165) is 37.8 Å². The monoisotopic (exact) mass is 602 g/mol. The average molecular weight is 603 g/mol. The van der Waals surface area contributed by atoms with Crippen molar-refractivity contribution in [2.24, 2.45) is 0 Å². The van der Waals surface area contributed by atoms with Crippen LogP contribution in [0.15, 0.2) is 164 Å². The molecular weight excluding hydrogens is 575 g/mol. The molecule has 0 aliphatic carbocycles. The molecule has 46 heavy (non-hydrogen) atoms. The zero-order chi connectivity index (χ0) is 30.4. The summed E-state index contributed by atoms with van der Waals surface area (Å²) >= 11 is 0. The van der Waals surface area contributed by atoms with Crippen molar-refractivity contribution in [2.45, 2.75) is 0 Å². The molecule has 0 amide bonds. The van der Waals surface area contributed by atoms with Crippen molar-refractivity contribution in [3.63, 3.8) is 0 Å². The van der Waals surface area contributed by atoms with E-state index < -0.39 is 7.14 Å². The first kappa shape index (κ1) is 25.8. The summed E-state index contributed by atoms with van der Waals surface area (Å²) in [6.45, 7) is 0. The first-order chi connectivity index (χ1) is 22.7. The molecule has 0 spiro atoms. The Balaban J connectivity index is 1.33. The molecule has 0 bridgehead atoms. The van der Waals surface area contributed by atoms with E-state index in [1.165, 1.54) is 53.9 Å². The molecule has 10 aromatic carbocycles. The maximum Gasteiger partial charge on any atom is 0.172 e. The van der Waals surface area contributed by atoms with Crippen LogP contribution in [0, 0.1) is 0 Å². The van der Waals surface area contributed by atoms with E-state index in [2.05, 4.69) is 158 Å². The standard InChI is InChI=1S/C44H27OP/c45-46(36-22-16-29(17-23-36)28-6-2-1-3-7-28,39-26-20-34-14-12-30-8-4-10-32-18-24-37(39)43(34)41(30)32)40-27-21-35-15-13-31-9-5-11-33-19-25-38(40)44(35)42(31)33/h1-27H. The topological polar surface area (TPSA) is 17.1 Å². The van der Waals surface area contributed by atoms with Gasteiger partial charge in [0.25, 0.3) is 0 Å². The van der Waals surface area contributed by atoms with Gasteiger partial charge in [0.1, 0.15) is 0 Å². The third-order valence-corrected chi connectivity index (χ3v) is 13.2. The molecule has 214 valence electrons. The molecule has 0 unspecified atom stereocenters. The van der Waals surface area contributed by atoms with E-state index in [1.54, 1.807) is 0 Å². The lowest BCUT2D eigenvalue weighted by molar-refractivity contribution is 0.593. The van der Waals surface area contributed by atoms with Gasteiger partial charge in [-0.15, -0.1) is 0 Å². The molecule has 0 aromatic heterocycles. The zero-order valence-corrected chi connectivity index (χ0v) is 25.8. The normalized spacial score (nSPS) is 12.4. The van der Waals surface area contributed by atoms with Crippen molar-refractivity contribution in [1.82, 2.24) is 0 Å². The van der Waals surface area contributed by atoms with Gasteiger partial charge in [-0.1, -0.05) is 152 Å². The van der Waals surface area contributed by atoms with Crippen molar-refractivity contribution in [3.8, 4) is 11.1 Å². The molecule has 0 radical (unpaired) electrons. The van der Waals surface area contributed by atoms with Crippen molar-refractivity contribution < 1.29 is 4.57 Å². The van der Waals surface area contributed by atoms with Crippen LogP contribution in [0.2, 0.25) is 0 Å². The van der Waals surface area contributed by atoms with Crippen LogP contribution in [0.5, 0.6) is 0 Å². The largest absolute Gasteiger partial charge is 0.309 e. The molecule has 1 nitrogen and oxygen atoms in total. The highest BCUT2D eigenvalue weighted by atomic mass is 31.2. The fraction of sp³-hybridized carbons (Fsp3) is 0. The Morgan fingerprint density at radius 1 is 0.304 bits per heavy atom. The minimum absolute atomic E-state index is 0.845. The van der Waals surface area contributed by atoms with Crippen molar-refractivity contribution in [3.05, 3.63) is 164 Å². The van der Waals surface area contributed by atoms with Crippen LogP contribution in [0.3, 0.4) is 0 Å². The Hall–Kier alpha value is -5.49. The molecule has 2 heteroatoms. The molecule has 0 saturated carbocycles. The van der Waals surface area contributed by atoms with E-state index in [1.807, 2.05) is 6.07 Å². The number of benzene rings is 10. The van der Waals surface area contributed by atoms with Gasteiger partial charge in [0.15, 0.2) is 7.14 Å². The van der Waals surface area contributed by atoms with Crippen LogP contribution in [-0.2, 0) is 4.57 Å². The van der Waals surface area contributed by atoms with Crippen LogP contribution >= 0.6 is 7.14 Å². The first-order valence-corrected chi connectivity index (χ1v) is 17.5. The Morgan fingerprint density at radius 2 is 0.696 bits per heavy atom. The van der Waals surface area contributed by atoms with Crippen molar-refractivity contribution >= 4 is 87.7 Å². The molecule has 0 saturated heterocycles. The Morgan fingerprint density at radius 3 is 1.17 bits per heavy atom. The number of hydrogen-bond donors (Lipinski definition) is 0. The molecule has 0 N–H and O–H groups in total. The third kappa shape index (κ3) is 3.50. The van der Waals surface area contributed by atoms with Gasteiger partial charge in [0.2, 0.25) is 0 Å². The summed E-state index contributed by atoms with van der Waals surface area (Å²) in [6.07, 6.45) is 0. The second-order valence-electron chi connectivity index (χ2n) is 12.4. The van der Waals surface area contributed by atoms with Crippen LogP contribution in [0.1, 0.15) is 0 Å². The summed E-state index contributed by atoms with van der Waals surface area (Å²) in [5.74, 6) is 0. The highest BCUT2D eigenvalue weighted by molar-refractivity contribution is 7.86. The minimum Gasteiger partial charge on any atom is -0.309 e. The van der Waals surface area contributed by atoms with Gasteiger partial charge in [0.05, 0.1) is 0 Å². The highest BCUT2D eigenvalue weighted by Crippen LogP contribution is 2.49. The molecule has 0 fully saturated rings. The van der Waals surface area contributed by atoms with Crippen LogP contribution in [0.4, 0.5) is 0 Å². The quantitative estimate of drug-likeness (QED) is 0.145. The summed E-state index contributed by atoms with van der Waals surface area (Å²) < 4.78 is 16.6. The van der Waals surface area contributed by atoms with Crippen LogP contribution in [0.25, 0.3) is 75.8 Å². The summed E-state index contributed by atoms with van der Waals surface area (Å²) in [5, 5.41) is 16.8. The fourth-order valence-corrected chi connectivity index (χ4v) is 10.9. The predicted octanol–water partition coefficient (Wildman–Crippen LogP) is 10.8. The lowest BCUT2D eigenvalue weighted by Crippen LogP contribution is -2.26. The molecule has 10 rings (SSSR count). The SMILES string of the molecule is O=P(c1ccc(-c2ccccc2)cc1)(c1ccc2ccc3cccc4ccc1c2c34)c1ccc2ccc3cccc4ccc1c2c34. The van der Waals surface area contributed by atoms with E-state index in [9.17, 15) is 0 Å². The molecular formula is C44H27OP. The smallest absolute Gasteiger partial charge is 0.172 e. The summed E-state index contributed by atoms with van der Waals surface area (Å²) in [4.78, 5) is 0. The molecule has 0 aliphatic heterocycles. The molecule has 0 heterocycles. The Bertz CT molecular complexity index is 2630. The van der Waals surface area contributed by atoms with Gasteiger partial charge in [-0.3, -0.25) is 0 Å². The summed E-state index contributed by atoms with van der Waals surface area (Å²) in [7, 11) is -3.40. The van der Waals surface area contributed by atoms with Gasteiger partial charge < -0.3 is 4.57 Å². The lowest BCUT2D eigenvalue weighted by atomic mass is 9.94. The van der Waals surface area contributed by atoms with Crippen molar-refractivity contribution in [2.75, 3.05) is 0 Å². The van der Waals surface area contributed by atoms with E-state index in [-0.39, 0.29) is 0 Å². The van der Waals surface area contributed by atoms with Crippen molar-refractivity contribution in [1.29, 1.82) is 0 Å². The van der Waals surface area contributed by atoms with Gasteiger partial charge in [0, 0.05) is 15.9 Å². The predicted molar refractivity (Wildman–Crippen MR) is 199 cm³/mol. The minimum atomic E-state index is -3.40. The average Bonchev–Trinajstić information content (AvgIpc) is 3.13. The summed E-state index contributed by atoms with van der Waals surface area (Å²) in [6, 6.07) is 58.0. The number of rotatable bonds is 4. The Labute approximate surface area is 266 Å².